The minimum Gasteiger partial charge on any atom is -0.342 e. The van der Waals surface area contributed by atoms with E-state index in [0.717, 1.165) is 36.3 Å². The number of piperidine rings is 1. The Labute approximate surface area is 152 Å². The Hall–Kier alpha value is -2.77. The van der Waals surface area contributed by atoms with Crippen LogP contribution in [0.15, 0.2) is 24.5 Å². The van der Waals surface area contributed by atoms with Crippen LogP contribution in [0.25, 0.3) is 5.69 Å². The van der Waals surface area contributed by atoms with Gasteiger partial charge in [-0.2, -0.15) is 0 Å². The molecule has 1 fully saturated rings. The normalized spacial score (nSPS) is 17.4. The molecule has 0 saturated carbocycles. The van der Waals surface area contributed by atoms with Crippen molar-refractivity contribution in [2.45, 2.75) is 33.6 Å². The second-order valence-corrected chi connectivity index (χ2v) is 7.02. The van der Waals surface area contributed by atoms with Crippen LogP contribution in [-0.2, 0) is 9.59 Å². The number of aromatic nitrogens is 4. The van der Waals surface area contributed by atoms with E-state index in [4.69, 9.17) is 0 Å². The molecule has 0 bridgehead atoms. The number of nitrogens with zero attached hydrogens (tertiary/aromatic N) is 5. The van der Waals surface area contributed by atoms with Crippen LogP contribution in [0.3, 0.4) is 0 Å². The zero-order valence-electron chi connectivity index (χ0n) is 15.3. The third kappa shape index (κ3) is 3.89. The molecule has 2 aromatic rings. The van der Waals surface area contributed by atoms with Gasteiger partial charge in [0.1, 0.15) is 6.33 Å². The predicted octanol–water partition coefficient (Wildman–Crippen LogP) is 1.80. The van der Waals surface area contributed by atoms with Crippen LogP contribution in [-0.4, -0.2) is 50.0 Å². The molecule has 8 heteroatoms. The fraction of sp³-hybridized carbons (Fsp3) is 0.500. The minimum absolute atomic E-state index is 0.0409. The Morgan fingerprint density at radius 2 is 2.12 bits per heavy atom. The summed E-state index contributed by atoms with van der Waals surface area (Å²) in [5.74, 6) is -0.144. The van der Waals surface area contributed by atoms with Crippen LogP contribution >= 0.6 is 0 Å². The lowest BCUT2D eigenvalue weighted by Gasteiger charge is -2.33. The first-order valence-corrected chi connectivity index (χ1v) is 8.89. The van der Waals surface area contributed by atoms with Crippen molar-refractivity contribution in [3.8, 4) is 5.69 Å². The average molecular weight is 356 g/mol. The maximum Gasteiger partial charge on any atom is 0.229 e. The van der Waals surface area contributed by atoms with Gasteiger partial charge >= 0.3 is 0 Å². The molecule has 8 nitrogen and oxygen atoms in total. The number of carbonyl (C=O) groups excluding carboxylic acids is 2. The lowest BCUT2D eigenvalue weighted by molar-refractivity contribution is -0.137. The number of amides is 2. The van der Waals surface area contributed by atoms with Gasteiger partial charge in [-0.15, -0.1) is 5.10 Å². The van der Waals surface area contributed by atoms with Gasteiger partial charge in [0.15, 0.2) is 0 Å². The molecule has 1 atom stereocenters. The maximum absolute atomic E-state index is 12.6. The molecule has 138 valence electrons. The molecule has 2 amide bonds. The molecule has 0 unspecified atom stereocenters. The predicted molar refractivity (Wildman–Crippen MR) is 96.7 cm³/mol. The summed E-state index contributed by atoms with van der Waals surface area (Å²) in [5.41, 5.74) is 2.55. The van der Waals surface area contributed by atoms with Gasteiger partial charge in [0.25, 0.3) is 0 Å². The fourth-order valence-electron chi connectivity index (χ4n) is 3.26. The van der Waals surface area contributed by atoms with E-state index in [-0.39, 0.29) is 23.7 Å². The second kappa shape index (κ2) is 7.63. The van der Waals surface area contributed by atoms with E-state index in [1.54, 1.807) is 4.68 Å². The van der Waals surface area contributed by atoms with Crippen molar-refractivity contribution in [2.24, 2.45) is 11.8 Å². The standard InChI is InChI=1S/C18H24N6O2/c1-12(2)18(26)23-8-4-5-14(10-23)17(25)20-15-6-7-16(13(3)9-15)24-11-19-21-22-24/h6-7,9,11-12,14H,4-5,8,10H2,1-3H3,(H,20,25)/t14-/m1/s1. The number of aryl methyl sites for hydroxylation is 1. The molecule has 0 aliphatic carbocycles. The van der Waals surface area contributed by atoms with Crippen molar-refractivity contribution in [2.75, 3.05) is 18.4 Å². The number of benzene rings is 1. The van der Waals surface area contributed by atoms with Crippen LogP contribution in [0.5, 0.6) is 0 Å². The number of hydrogen-bond donors (Lipinski definition) is 1. The number of anilines is 1. The Bertz CT molecular complexity index is 787. The topological polar surface area (TPSA) is 93.0 Å². The van der Waals surface area contributed by atoms with Gasteiger partial charge in [0.05, 0.1) is 11.6 Å². The fourth-order valence-corrected chi connectivity index (χ4v) is 3.26. The third-order valence-electron chi connectivity index (χ3n) is 4.66. The van der Waals surface area contributed by atoms with Crippen LogP contribution in [0.1, 0.15) is 32.3 Å². The average Bonchev–Trinajstić information content (AvgIpc) is 3.15. The SMILES string of the molecule is Cc1cc(NC(=O)[C@@H]2CCCN(C(=O)C(C)C)C2)ccc1-n1cnnn1. The van der Waals surface area contributed by atoms with E-state index >= 15 is 0 Å². The zero-order valence-corrected chi connectivity index (χ0v) is 15.3. The van der Waals surface area contributed by atoms with E-state index in [9.17, 15) is 9.59 Å². The summed E-state index contributed by atoms with van der Waals surface area (Å²) >= 11 is 0. The van der Waals surface area contributed by atoms with Crippen LogP contribution in [0.4, 0.5) is 5.69 Å². The first-order valence-electron chi connectivity index (χ1n) is 8.89. The molecule has 1 aromatic heterocycles. The largest absolute Gasteiger partial charge is 0.342 e. The number of hydrogen-bond acceptors (Lipinski definition) is 5. The highest BCUT2D eigenvalue weighted by atomic mass is 16.2. The molecule has 3 rings (SSSR count). The van der Waals surface area contributed by atoms with E-state index in [0.29, 0.717) is 6.54 Å². The van der Waals surface area contributed by atoms with Gasteiger partial charge in [0.2, 0.25) is 11.8 Å². The number of tetrazole rings is 1. The van der Waals surface area contributed by atoms with Gasteiger partial charge in [-0.3, -0.25) is 9.59 Å². The highest BCUT2D eigenvalue weighted by Crippen LogP contribution is 2.22. The lowest BCUT2D eigenvalue weighted by atomic mass is 9.96. The molecule has 1 saturated heterocycles. The monoisotopic (exact) mass is 356 g/mol. The quantitative estimate of drug-likeness (QED) is 0.902. The molecule has 2 heterocycles. The molecule has 0 radical (unpaired) electrons. The van der Waals surface area contributed by atoms with E-state index in [1.807, 2.05) is 43.9 Å². The van der Waals surface area contributed by atoms with Crippen molar-refractivity contribution < 1.29 is 9.59 Å². The van der Waals surface area contributed by atoms with Crippen molar-refractivity contribution >= 4 is 17.5 Å². The highest BCUT2D eigenvalue weighted by molar-refractivity contribution is 5.93. The van der Waals surface area contributed by atoms with Gasteiger partial charge in [-0.05, 0) is 54.0 Å². The van der Waals surface area contributed by atoms with E-state index in [1.165, 1.54) is 6.33 Å². The van der Waals surface area contributed by atoms with E-state index < -0.39 is 0 Å². The number of rotatable bonds is 4. The molecule has 26 heavy (non-hydrogen) atoms. The second-order valence-electron chi connectivity index (χ2n) is 7.02. The third-order valence-corrected chi connectivity index (χ3v) is 4.66. The number of likely N-dealkylation sites (tertiary alicyclic amines) is 1. The highest BCUT2D eigenvalue weighted by Gasteiger charge is 2.29. The molecular weight excluding hydrogens is 332 g/mol. The summed E-state index contributed by atoms with van der Waals surface area (Å²) in [7, 11) is 0. The van der Waals surface area contributed by atoms with Crippen LogP contribution in [0, 0.1) is 18.8 Å². The molecule has 1 N–H and O–H groups in total. The molecular formula is C18H24N6O2. The Morgan fingerprint density at radius 3 is 2.77 bits per heavy atom. The van der Waals surface area contributed by atoms with Gasteiger partial charge < -0.3 is 10.2 Å². The Morgan fingerprint density at radius 1 is 1.31 bits per heavy atom. The Balaban J connectivity index is 1.66. The smallest absolute Gasteiger partial charge is 0.229 e. The summed E-state index contributed by atoms with van der Waals surface area (Å²) in [6.07, 6.45) is 3.19. The number of carbonyl (C=O) groups is 2. The number of nitrogens with one attached hydrogen (secondary N) is 1. The summed E-state index contributed by atoms with van der Waals surface area (Å²) in [6, 6.07) is 5.60. The summed E-state index contributed by atoms with van der Waals surface area (Å²) in [4.78, 5) is 26.6. The van der Waals surface area contributed by atoms with Crippen LogP contribution in [0.2, 0.25) is 0 Å². The van der Waals surface area contributed by atoms with Crippen LogP contribution < -0.4 is 5.32 Å². The van der Waals surface area contributed by atoms with Gasteiger partial charge in [-0.1, -0.05) is 13.8 Å². The summed E-state index contributed by atoms with van der Waals surface area (Å²) in [6.45, 7) is 6.95. The van der Waals surface area contributed by atoms with Gasteiger partial charge in [-0.25, -0.2) is 4.68 Å². The lowest BCUT2D eigenvalue weighted by Crippen LogP contribution is -2.45. The molecule has 0 spiro atoms. The summed E-state index contributed by atoms with van der Waals surface area (Å²) in [5, 5.41) is 14.1. The van der Waals surface area contributed by atoms with Gasteiger partial charge in [0, 0.05) is 24.7 Å². The van der Waals surface area contributed by atoms with E-state index in [2.05, 4.69) is 20.8 Å². The van der Waals surface area contributed by atoms with Crippen molar-refractivity contribution in [3.05, 3.63) is 30.1 Å². The molecule has 1 aliphatic heterocycles. The van der Waals surface area contributed by atoms with Crippen molar-refractivity contribution in [3.63, 3.8) is 0 Å². The Kier molecular flexibility index (Phi) is 5.29. The first kappa shape index (κ1) is 18.0. The zero-order chi connectivity index (χ0) is 18.7. The summed E-state index contributed by atoms with van der Waals surface area (Å²) < 4.78 is 1.58. The molecule has 1 aliphatic rings. The molecule has 1 aromatic carbocycles. The van der Waals surface area contributed by atoms with Crippen molar-refractivity contribution in [1.82, 2.24) is 25.1 Å². The van der Waals surface area contributed by atoms with Crippen molar-refractivity contribution in [1.29, 1.82) is 0 Å². The maximum atomic E-state index is 12.6. The minimum atomic E-state index is -0.175. The first-order chi connectivity index (χ1) is 12.5.